The minimum atomic E-state index is -3.18. The van der Waals surface area contributed by atoms with Gasteiger partial charge >= 0.3 is 0 Å². The van der Waals surface area contributed by atoms with E-state index in [4.69, 9.17) is 4.98 Å². The number of nitrogens with zero attached hydrogens (tertiary/aromatic N) is 4. The van der Waals surface area contributed by atoms with Gasteiger partial charge in [-0.05, 0) is 37.5 Å². The molecule has 0 aliphatic carbocycles. The molecular formula is C22H25N5O4S. The fourth-order valence-electron chi connectivity index (χ4n) is 4.21. The summed E-state index contributed by atoms with van der Waals surface area (Å²) >= 11 is 0. The van der Waals surface area contributed by atoms with Crippen LogP contribution in [-0.4, -0.2) is 54.3 Å². The quantitative estimate of drug-likeness (QED) is 0.544. The molecule has 2 saturated heterocycles. The third kappa shape index (κ3) is 4.67. The van der Waals surface area contributed by atoms with Crippen molar-refractivity contribution in [2.24, 2.45) is 0 Å². The summed E-state index contributed by atoms with van der Waals surface area (Å²) in [6.45, 7) is 1.48. The molecule has 32 heavy (non-hydrogen) atoms. The first-order chi connectivity index (χ1) is 15.4. The van der Waals surface area contributed by atoms with Crippen molar-refractivity contribution >= 4 is 33.3 Å². The summed E-state index contributed by atoms with van der Waals surface area (Å²) in [6.07, 6.45) is 7.35. The molecule has 0 bridgehead atoms. The van der Waals surface area contributed by atoms with Crippen molar-refractivity contribution < 1.29 is 13.2 Å². The van der Waals surface area contributed by atoms with Crippen molar-refractivity contribution in [1.29, 1.82) is 5.26 Å². The van der Waals surface area contributed by atoms with Gasteiger partial charge in [0.15, 0.2) is 9.84 Å². The number of carbonyl (C=O) groups is 1. The lowest BCUT2D eigenvalue weighted by Gasteiger charge is -2.23. The Morgan fingerprint density at radius 3 is 2.62 bits per heavy atom. The number of aromatic nitrogens is 2. The summed E-state index contributed by atoms with van der Waals surface area (Å²) in [6, 6.07) is 6.59. The minimum absolute atomic E-state index is 0.0125. The lowest BCUT2D eigenvalue weighted by Crippen LogP contribution is -2.36. The Hall–Kier alpha value is -3.19. The number of fused-ring (bicyclic) bond motifs is 1. The number of nitriles is 1. The standard InChI is InChI=1S/C22H25N5O4S/c23-14-16(21(28)24-17-8-12-32(30,31)15-17)13-18-20(26-9-4-1-2-5-10-26)25-19-7-3-6-11-27(19)22(18)29/h3,6-7,11,13,17H,1-2,4-5,8-10,12,15H2,(H,24,28). The molecule has 0 spiro atoms. The highest BCUT2D eigenvalue weighted by Crippen LogP contribution is 2.23. The highest BCUT2D eigenvalue weighted by molar-refractivity contribution is 7.91. The number of hydrogen-bond acceptors (Lipinski definition) is 7. The lowest BCUT2D eigenvalue weighted by atomic mass is 10.1. The molecule has 2 aliphatic rings. The van der Waals surface area contributed by atoms with E-state index >= 15 is 0 Å². The first-order valence-corrected chi connectivity index (χ1v) is 12.6. The van der Waals surface area contributed by atoms with Crippen LogP contribution in [0.1, 0.15) is 37.7 Å². The van der Waals surface area contributed by atoms with E-state index < -0.39 is 21.8 Å². The normalized spacial score (nSPS) is 21.2. The SMILES string of the molecule is N#CC(=Cc1c(N2CCCCCC2)nc2ccccn2c1=O)C(=O)NC1CCS(=O)(=O)C1. The molecule has 0 radical (unpaired) electrons. The van der Waals surface area contributed by atoms with Gasteiger partial charge in [-0.2, -0.15) is 5.26 Å². The Kier molecular flexibility index (Phi) is 6.28. The van der Waals surface area contributed by atoms with Crippen molar-refractivity contribution in [3.63, 3.8) is 0 Å². The van der Waals surface area contributed by atoms with E-state index in [2.05, 4.69) is 5.32 Å². The fourth-order valence-corrected chi connectivity index (χ4v) is 5.88. The maximum atomic E-state index is 13.3. The molecule has 1 unspecified atom stereocenters. The zero-order valence-corrected chi connectivity index (χ0v) is 18.5. The third-order valence-corrected chi connectivity index (χ3v) is 7.64. The van der Waals surface area contributed by atoms with Crippen molar-refractivity contribution in [1.82, 2.24) is 14.7 Å². The van der Waals surface area contributed by atoms with Gasteiger partial charge in [0.1, 0.15) is 23.1 Å². The monoisotopic (exact) mass is 455 g/mol. The summed E-state index contributed by atoms with van der Waals surface area (Å²) in [5.74, 6) is -0.351. The molecule has 168 valence electrons. The van der Waals surface area contributed by atoms with E-state index in [1.54, 1.807) is 24.4 Å². The zero-order valence-electron chi connectivity index (χ0n) is 17.7. The van der Waals surface area contributed by atoms with Crippen LogP contribution >= 0.6 is 0 Å². The Morgan fingerprint density at radius 1 is 1.22 bits per heavy atom. The molecule has 1 amide bonds. The number of anilines is 1. The van der Waals surface area contributed by atoms with Gasteiger partial charge in [0, 0.05) is 25.3 Å². The average Bonchev–Trinajstić information content (AvgIpc) is 2.95. The van der Waals surface area contributed by atoms with Crippen LogP contribution in [0.15, 0.2) is 34.8 Å². The third-order valence-electron chi connectivity index (χ3n) is 5.88. The number of rotatable bonds is 4. The number of pyridine rings is 1. The number of sulfone groups is 1. The van der Waals surface area contributed by atoms with Gasteiger partial charge in [-0.1, -0.05) is 18.9 Å². The smallest absolute Gasteiger partial charge is 0.267 e. The number of carbonyl (C=O) groups excluding carboxylic acids is 1. The minimum Gasteiger partial charge on any atom is -0.356 e. The topological polar surface area (TPSA) is 125 Å². The second kappa shape index (κ2) is 9.12. The predicted octanol–water partition coefficient (Wildman–Crippen LogP) is 1.29. The molecule has 2 aromatic rings. The maximum absolute atomic E-state index is 13.3. The predicted molar refractivity (Wildman–Crippen MR) is 121 cm³/mol. The zero-order chi connectivity index (χ0) is 22.7. The molecule has 1 atom stereocenters. The van der Waals surface area contributed by atoms with Crippen molar-refractivity contribution in [2.75, 3.05) is 29.5 Å². The van der Waals surface area contributed by atoms with Crippen LogP contribution in [0, 0.1) is 11.3 Å². The van der Waals surface area contributed by atoms with Crippen LogP contribution < -0.4 is 15.8 Å². The largest absolute Gasteiger partial charge is 0.356 e. The molecule has 2 aromatic heterocycles. The van der Waals surface area contributed by atoms with Gasteiger partial charge in [0.2, 0.25) is 0 Å². The molecule has 0 aromatic carbocycles. The van der Waals surface area contributed by atoms with Gasteiger partial charge < -0.3 is 10.2 Å². The second-order valence-corrected chi connectivity index (χ2v) is 10.5. The summed E-state index contributed by atoms with van der Waals surface area (Å²) in [5.41, 5.74) is 0.0633. The fraction of sp³-hybridized carbons (Fsp3) is 0.455. The van der Waals surface area contributed by atoms with Crippen LogP contribution in [0.4, 0.5) is 5.82 Å². The van der Waals surface area contributed by atoms with Crippen molar-refractivity contribution in [3.8, 4) is 6.07 Å². The van der Waals surface area contributed by atoms with Crippen LogP contribution in [-0.2, 0) is 14.6 Å². The molecule has 10 heteroatoms. The first-order valence-electron chi connectivity index (χ1n) is 10.8. The van der Waals surface area contributed by atoms with Crippen LogP contribution in [0.3, 0.4) is 0 Å². The number of nitrogens with one attached hydrogen (secondary N) is 1. The average molecular weight is 456 g/mol. The lowest BCUT2D eigenvalue weighted by molar-refractivity contribution is -0.117. The Labute approximate surface area is 186 Å². The van der Waals surface area contributed by atoms with Crippen LogP contribution in [0.2, 0.25) is 0 Å². The molecule has 9 nitrogen and oxygen atoms in total. The summed E-state index contributed by atoms with van der Waals surface area (Å²) in [7, 11) is -3.18. The highest BCUT2D eigenvalue weighted by Gasteiger charge is 2.30. The van der Waals surface area contributed by atoms with Gasteiger partial charge in [-0.25, -0.2) is 13.4 Å². The first kappa shape index (κ1) is 22.0. The highest BCUT2D eigenvalue weighted by atomic mass is 32.2. The summed E-state index contributed by atoms with van der Waals surface area (Å²) in [4.78, 5) is 32.8. The van der Waals surface area contributed by atoms with Gasteiger partial charge in [-0.3, -0.25) is 14.0 Å². The second-order valence-electron chi connectivity index (χ2n) is 8.23. The Balaban J connectivity index is 1.75. The molecule has 0 saturated carbocycles. The maximum Gasteiger partial charge on any atom is 0.267 e. The van der Waals surface area contributed by atoms with E-state index in [1.807, 2.05) is 11.0 Å². The van der Waals surface area contributed by atoms with Crippen LogP contribution in [0.5, 0.6) is 0 Å². The molecular weight excluding hydrogens is 430 g/mol. The van der Waals surface area contributed by atoms with Gasteiger partial charge in [0.05, 0.1) is 17.1 Å². The molecule has 4 rings (SSSR count). The van der Waals surface area contributed by atoms with Gasteiger partial charge in [-0.15, -0.1) is 0 Å². The number of hydrogen-bond donors (Lipinski definition) is 1. The summed E-state index contributed by atoms with van der Waals surface area (Å²) < 4.78 is 24.8. The molecule has 2 aliphatic heterocycles. The Morgan fingerprint density at radius 2 is 1.97 bits per heavy atom. The van der Waals surface area contributed by atoms with E-state index in [0.717, 1.165) is 38.8 Å². The van der Waals surface area contributed by atoms with Crippen molar-refractivity contribution in [3.05, 3.63) is 45.9 Å². The Bertz CT molecular complexity index is 1270. The van der Waals surface area contributed by atoms with Crippen molar-refractivity contribution in [2.45, 2.75) is 38.1 Å². The van der Waals surface area contributed by atoms with E-state index in [0.29, 0.717) is 17.9 Å². The van der Waals surface area contributed by atoms with E-state index in [-0.39, 0.29) is 28.2 Å². The molecule has 4 heterocycles. The number of amides is 1. The van der Waals surface area contributed by atoms with E-state index in [1.165, 1.54) is 10.5 Å². The van der Waals surface area contributed by atoms with Crippen LogP contribution in [0.25, 0.3) is 11.7 Å². The molecule has 1 N–H and O–H groups in total. The van der Waals surface area contributed by atoms with E-state index in [9.17, 15) is 23.3 Å². The van der Waals surface area contributed by atoms with Gasteiger partial charge in [0.25, 0.3) is 11.5 Å². The molecule has 2 fully saturated rings. The summed E-state index contributed by atoms with van der Waals surface area (Å²) in [5, 5.41) is 12.3.